The maximum Gasteiger partial charge on any atom is 0.323 e. The molecule has 1 aromatic heterocycles. The summed E-state index contributed by atoms with van der Waals surface area (Å²) in [7, 11) is 3.47. The Hall–Kier alpha value is -2.05. The van der Waals surface area contributed by atoms with Gasteiger partial charge in [0, 0.05) is 14.1 Å². The van der Waals surface area contributed by atoms with Gasteiger partial charge in [0.15, 0.2) is 11.5 Å². The van der Waals surface area contributed by atoms with Gasteiger partial charge in [-0.15, -0.1) is 0 Å². The Balaban J connectivity index is 2.46. The summed E-state index contributed by atoms with van der Waals surface area (Å²) in [6.07, 6.45) is 1.38. The molecule has 0 spiro atoms. The summed E-state index contributed by atoms with van der Waals surface area (Å²) >= 11 is 0. The van der Waals surface area contributed by atoms with Crippen LogP contribution in [0.1, 0.15) is 10.5 Å². The Morgan fingerprint density at radius 2 is 2.19 bits per heavy atom. The summed E-state index contributed by atoms with van der Waals surface area (Å²) in [6.45, 7) is 0.200. The molecule has 0 radical (unpaired) electrons. The van der Waals surface area contributed by atoms with Crippen molar-refractivity contribution in [2.24, 2.45) is 0 Å². The van der Waals surface area contributed by atoms with Crippen molar-refractivity contribution in [3.8, 4) is 0 Å². The van der Waals surface area contributed by atoms with E-state index in [1.807, 2.05) is 0 Å². The first-order valence-corrected chi connectivity index (χ1v) is 4.74. The number of carboxylic acid groups (broad SMARTS) is 1. The van der Waals surface area contributed by atoms with E-state index in [4.69, 9.17) is 5.11 Å². The molecule has 0 atom stereocenters. The van der Waals surface area contributed by atoms with E-state index >= 15 is 0 Å². The van der Waals surface area contributed by atoms with Gasteiger partial charge in [-0.2, -0.15) is 0 Å². The maximum atomic E-state index is 11.9. The molecule has 16 heavy (non-hydrogen) atoms. The van der Waals surface area contributed by atoms with Gasteiger partial charge in [-0.05, 0) is 0 Å². The van der Waals surface area contributed by atoms with Crippen molar-refractivity contribution in [1.82, 2.24) is 14.5 Å². The summed E-state index contributed by atoms with van der Waals surface area (Å²) < 4.78 is 1.35. The Morgan fingerprint density at radius 1 is 1.50 bits per heavy atom. The number of imidazole rings is 1. The zero-order chi connectivity index (χ0) is 11.9. The lowest BCUT2D eigenvalue weighted by Crippen LogP contribution is -2.43. The van der Waals surface area contributed by atoms with Crippen LogP contribution in [0, 0.1) is 0 Å². The zero-order valence-corrected chi connectivity index (χ0v) is 9.04. The van der Waals surface area contributed by atoms with Gasteiger partial charge in [-0.1, -0.05) is 0 Å². The van der Waals surface area contributed by atoms with Gasteiger partial charge in [-0.3, -0.25) is 9.59 Å². The first kappa shape index (κ1) is 10.5. The van der Waals surface area contributed by atoms with Crippen LogP contribution >= 0.6 is 0 Å². The Morgan fingerprint density at radius 3 is 2.81 bits per heavy atom. The molecule has 2 rings (SSSR count). The van der Waals surface area contributed by atoms with E-state index < -0.39 is 5.97 Å². The Kier molecular flexibility index (Phi) is 2.30. The Labute approximate surface area is 91.9 Å². The van der Waals surface area contributed by atoms with Crippen LogP contribution in [-0.4, -0.2) is 52.2 Å². The minimum Gasteiger partial charge on any atom is -0.480 e. The van der Waals surface area contributed by atoms with Gasteiger partial charge in [0.05, 0.1) is 13.0 Å². The normalized spacial score (nSPS) is 15.2. The molecule has 0 aromatic carbocycles. The molecule has 7 heteroatoms. The molecule has 0 fully saturated rings. The molecule has 1 amide bonds. The second-order valence-electron chi connectivity index (χ2n) is 3.78. The molecular weight excluding hydrogens is 212 g/mol. The molecule has 0 saturated carbocycles. The summed E-state index contributed by atoms with van der Waals surface area (Å²) in [5, 5.41) is 8.72. The molecular formula is C9H12N4O3. The highest BCUT2D eigenvalue weighted by atomic mass is 16.4. The van der Waals surface area contributed by atoms with E-state index in [0.29, 0.717) is 18.2 Å². The number of aromatic nitrogens is 2. The van der Waals surface area contributed by atoms with Crippen molar-refractivity contribution in [3.63, 3.8) is 0 Å². The quantitative estimate of drug-likeness (QED) is 0.729. The smallest absolute Gasteiger partial charge is 0.323 e. The molecule has 0 unspecified atom stereocenters. The number of anilines is 1. The lowest BCUT2D eigenvalue weighted by Gasteiger charge is -2.30. The van der Waals surface area contributed by atoms with Gasteiger partial charge >= 0.3 is 5.97 Å². The molecule has 1 aromatic rings. The number of carboxylic acids is 1. The van der Waals surface area contributed by atoms with Crippen LogP contribution in [0.15, 0.2) is 6.33 Å². The fourth-order valence-electron chi connectivity index (χ4n) is 1.77. The monoisotopic (exact) mass is 224 g/mol. The highest BCUT2D eigenvalue weighted by Crippen LogP contribution is 2.23. The number of aliphatic carboxylic acids is 1. The molecule has 0 saturated heterocycles. The van der Waals surface area contributed by atoms with Gasteiger partial charge in [-0.25, -0.2) is 4.98 Å². The van der Waals surface area contributed by atoms with E-state index in [0.717, 1.165) is 0 Å². The minimum atomic E-state index is -0.996. The van der Waals surface area contributed by atoms with Crippen LogP contribution in [-0.2, 0) is 11.3 Å². The average molecular weight is 224 g/mol. The molecule has 86 valence electrons. The number of hydrogen-bond donors (Lipinski definition) is 1. The SMILES string of the molecule is CN1CN(C)c2ncn(CC(=O)O)c2C1=O. The van der Waals surface area contributed by atoms with Gasteiger partial charge in [0.1, 0.15) is 6.54 Å². The number of rotatable bonds is 2. The maximum absolute atomic E-state index is 11.9. The summed E-state index contributed by atoms with van der Waals surface area (Å²) in [6, 6.07) is 0. The molecule has 1 N–H and O–H groups in total. The number of carbonyl (C=O) groups excluding carboxylic acids is 1. The molecule has 7 nitrogen and oxygen atoms in total. The third-order valence-electron chi connectivity index (χ3n) is 2.46. The summed E-state index contributed by atoms with van der Waals surface area (Å²) in [5.41, 5.74) is 0.332. The molecule has 0 aliphatic carbocycles. The standard InChI is InChI=1S/C9H12N4O3/c1-11-5-12(2)9(16)7-8(11)10-4-13(7)3-6(14)15/h4H,3,5H2,1-2H3,(H,14,15). The van der Waals surface area contributed by atoms with E-state index in [1.165, 1.54) is 15.8 Å². The highest BCUT2D eigenvalue weighted by molar-refractivity contribution is 5.99. The molecule has 1 aliphatic rings. The molecule has 1 aliphatic heterocycles. The van der Waals surface area contributed by atoms with Crippen molar-refractivity contribution in [2.45, 2.75) is 6.54 Å². The largest absolute Gasteiger partial charge is 0.480 e. The van der Waals surface area contributed by atoms with E-state index in [2.05, 4.69) is 4.98 Å². The van der Waals surface area contributed by atoms with Gasteiger partial charge in [0.2, 0.25) is 0 Å². The molecule has 0 bridgehead atoms. The van der Waals surface area contributed by atoms with Crippen LogP contribution < -0.4 is 4.90 Å². The van der Waals surface area contributed by atoms with E-state index in [9.17, 15) is 9.59 Å². The zero-order valence-electron chi connectivity index (χ0n) is 9.04. The summed E-state index contributed by atoms with van der Waals surface area (Å²) in [5.74, 6) is -0.667. The molecule has 2 heterocycles. The van der Waals surface area contributed by atoms with E-state index in [-0.39, 0.29) is 12.5 Å². The lowest BCUT2D eigenvalue weighted by atomic mass is 10.3. The average Bonchev–Trinajstić information content (AvgIpc) is 2.58. The third kappa shape index (κ3) is 1.50. The van der Waals surface area contributed by atoms with Crippen LogP contribution in [0.3, 0.4) is 0 Å². The predicted octanol–water partition coefficient (Wildman–Crippen LogP) is -0.553. The number of fused-ring (bicyclic) bond motifs is 1. The van der Waals surface area contributed by atoms with Crippen LogP contribution in [0.5, 0.6) is 0 Å². The third-order valence-corrected chi connectivity index (χ3v) is 2.46. The first-order valence-electron chi connectivity index (χ1n) is 4.74. The summed E-state index contributed by atoms with van der Waals surface area (Å²) in [4.78, 5) is 29.9. The van der Waals surface area contributed by atoms with E-state index in [1.54, 1.807) is 19.0 Å². The Bertz CT molecular complexity index is 454. The highest BCUT2D eigenvalue weighted by Gasteiger charge is 2.30. The topological polar surface area (TPSA) is 78.7 Å². The van der Waals surface area contributed by atoms with Crippen LogP contribution in [0.4, 0.5) is 5.82 Å². The van der Waals surface area contributed by atoms with Crippen molar-refractivity contribution >= 4 is 17.7 Å². The van der Waals surface area contributed by atoms with Crippen molar-refractivity contribution in [3.05, 3.63) is 12.0 Å². The van der Waals surface area contributed by atoms with Crippen molar-refractivity contribution in [2.75, 3.05) is 25.7 Å². The second kappa shape index (κ2) is 3.51. The number of carbonyl (C=O) groups is 2. The minimum absolute atomic E-state index is 0.202. The van der Waals surface area contributed by atoms with Crippen LogP contribution in [0.25, 0.3) is 0 Å². The lowest BCUT2D eigenvalue weighted by molar-refractivity contribution is -0.137. The fourth-order valence-corrected chi connectivity index (χ4v) is 1.77. The number of nitrogens with zero attached hydrogens (tertiary/aromatic N) is 4. The van der Waals surface area contributed by atoms with Gasteiger partial charge in [0.25, 0.3) is 5.91 Å². The fraction of sp³-hybridized carbons (Fsp3) is 0.444. The number of amides is 1. The van der Waals surface area contributed by atoms with Crippen molar-refractivity contribution in [1.29, 1.82) is 0 Å². The predicted molar refractivity (Wildman–Crippen MR) is 55.2 cm³/mol. The van der Waals surface area contributed by atoms with Gasteiger partial charge < -0.3 is 19.5 Å². The first-order chi connectivity index (χ1) is 7.50. The second-order valence-corrected chi connectivity index (χ2v) is 3.78. The van der Waals surface area contributed by atoms with Crippen LogP contribution in [0.2, 0.25) is 0 Å². The number of hydrogen-bond acceptors (Lipinski definition) is 4. The van der Waals surface area contributed by atoms with Crippen molar-refractivity contribution < 1.29 is 14.7 Å².